The van der Waals surface area contributed by atoms with Crippen molar-refractivity contribution in [2.45, 2.75) is 27.2 Å². The van der Waals surface area contributed by atoms with E-state index in [0.717, 1.165) is 39.2 Å². The average molecular weight is 389 g/mol. The first-order valence-corrected chi connectivity index (χ1v) is 9.42. The highest BCUT2D eigenvalue weighted by Crippen LogP contribution is 2.26. The molecule has 0 bridgehead atoms. The number of methoxy groups -OCH3 is 1. The number of ether oxygens (including phenoxy) is 1. The van der Waals surface area contributed by atoms with Crippen molar-refractivity contribution < 1.29 is 13.9 Å². The summed E-state index contributed by atoms with van der Waals surface area (Å²) in [5.41, 5.74) is 5.57. The number of furan rings is 1. The number of carbonyl (C=O) groups is 1. The van der Waals surface area contributed by atoms with Gasteiger partial charge >= 0.3 is 0 Å². The van der Waals surface area contributed by atoms with Crippen LogP contribution in [-0.2, 0) is 11.2 Å². The summed E-state index contributed by atoms with van der Waals surface area (Å²) in [6.45, 7) is 6.00. The lowest BCUT2D eigenvalue weighted by atomic mass is 10.1. The zero-order valence-electron chi connectivity index (χ0n) is 16.9. The Bertz CT molecular complexity index is 1180. The van der Waals surface area contributed by atoms with Crippen LogP contribution in [0.15, 0.2) is 53.1 Å². The number of hydrogen-bond acceptors (Lipinski definition) is 4. The zero-order chi connectivity index (χ0) is 20.5. The number of amides is 1. The van der Waals surface area contributed by atoms with Crippen molar-refractivity contribution in [2.75, 3.05) is 12.4 Å². The molecule has 0 fully saturated rings. The monoisotopic (exact) mass is 389 g/mol. The number of benzene rings is 2. The molecule has 1 N–H and O–H groups in total. The van der Waals surface area contributed by atoms with Crippen LogP contribution in [0.2, 0.25) is 0 Å². The van der Waals surface area contributed by atoms with Gasteiger partial charge in [0, 0.05) is 23.1 Å². The number of nitrogens with zero attached hydrogens (tertiary/aromatic N) is 2. The summed E-state index contributed by atoms with van der Waals surface area (Å²) in [6.07, 6.45) is 1.83. The quantitative estimate of drug-likeness (QED) is 0.536. The van der Waals surface area contributed by atoms with E-state index < -0.39 is 0 Å². The van der Waals surface area contributed by atoms with E-state index in [-0.39, 0.29) is 12.3 Å². The molecule has 0 aliphatic rings. The van der Waals surface area contributed by atoms with E-state index in [1.807, 2.05) is 57.2 Å². The van der Waals surface area contributed by atoms with Gasteiger partial charge in [0.25, 0.3) is 0 Å². The van der Waals surface area contributed by atoms with Gasteiger partial charge in [0.15, 0.2) is 0 Å². The fourth-order valence-electron chi connectivity index (χ4n) is 3.55. The summed E-state index contributed by atoms with van der Waals surface area (Å²) in [6, 6.07) is 13.7. The lowest BCUT2D eigenvalue weighted by molar-refractivity contribution is -0.115. The lowest BCUT2D eigenvalue weighted by Gasteiger charge is -2.10. The summed E-state index contributed by atoms with van der Waals surface area (Å²) in [7, 11) is 1.61. The second-order valence-electron chi connectivity index (χ2n) is 7.28. The highest BCUT2D eigenvalue weighted by molar-refractivity contribution is 5.95. The largest absolute Gasteiger partial charge is 0.497 e. The van der Waals surface area contributed by atoms with Gasteiger partial charge in [-0.3, -0.25) is 4.79 Å². The van der Waals surface area contributed by atoms with Crippen LogP contribution >= 0.6 is 0 Å². The maximum absolute atomic E-state index is 12.8. The molecule has 0 saturated heterocycles. The number of fused-ring (bicyclic) bond motifs is 1. The van der Waals surface area contributed by atoms with Crippen LogP contribution in [0.3, 0.4) is 0 Å². The molecule has 0 spiro atoms. The fraction of sp³-hybridized carbons (Fsp3) is 0.217. The fourth-order valence-corrected chi connectivity index (χ4v) is 3.55. The molecule has 0 radical (unpaired) electrons. The van der Waals surface area contributed by atoms with E-state index in [1.54, 1.807) is 18.1 Å². The Morgan fingerprint density at radius 2 is 1.86 bits per heavy atom. The molecule has 1 amide bonds. The number of aryl methyl sites for hydroxylation is 3. The predicted molar refractivity (Wildman–Crippen MR) is 113 cm³/mol. The van der Waals surface area contributed by atoms with Gasteiger partial charge in [-0.15, -0.1) is 0 Å². The summed E-state index contributed by atoms with van der Waals surface area (Å²) in [5.74, 6) is 1.23. The highest BCUT2D eigenvalue weighted by atomic mass is 16.5. The second kappa shape index (κ2) is 7.47. The van der Waals surface area contributed by atoms with E-state index in [9.17, 15) is 4.79 Å². The zero-order valence-corrected chi connectivity index (χ0v) is 16.9. The van der Waals surface area contributed by atoms with Crippen molar-refractivity contribution in [1.82, 2.24) is 9.78 Å². The Balaban J connectivity index is 1.58. The van der Waals surface area contributed by atoms with Gasteiger partial charge in [0.1, 0.15) is 17.2 Å². The summed E-state index contributed by atoms with van der Waals surface area (Å²) < 4.78 is 12.6. The normalized spacial score (nSPS) is 11.0. The molecule has 2 aromatic heterocycles. The molecule has 0 aliphatic carbocycles. The third-order valence-corrected chi connectivity index (χ3v) is 4.76. The molecule has 0 unspecified atom stereocenters. The van der Waals surface area contributed by atoms with Crippen molar-refractivity contribution >= 4 is 22.7 Å². The maximum Gasteiger partial charge on any atom is 0.230 e. The minimum atomic E-state index is -0.131. The molecule has 4 rings (SSSR count). The van der Waals surface area contributed by atoms with Gasteiger partial charge < -0.3 is 14.5 Å². The SMILES string of the molecule is COc1ccc2c(CC(=O)Nc3cc(C)nn3-c3cc(C)cc(C)c3)coc2c1. The highest BCUT2D eigenvalue weighted by Gasteiger charge is 2.15. The van der Waals surface area contributed by atoms with Gasteiger partial charge in [-0.1, -0.05) is 6.07 Å². The number of aromatic nitrogens is 2. The molecule has 6 nitrogen and oxygen atoms in total. The van der Waals surface area contributed by atoms with Crippen molar-refractivity contribution in [3.63, 3.8) is 0 Å². The van der Waals surface area contributed by atoms with E-state index in [2.05, 4.69) is 16.5 Å². The first-order valence-electron chi connectivity index (χ1n) is 9.42. The van der Waals surface area contributed by atoms with Crippen molar-refractivity contribution in [3.05, 3.63) is 71.1 Å². The minimum absolute atomic E-state index is 0.131. The number of rotatable bonds is 5. The molecule has 2 heterocycles. The Morgan fingerprint density at radius 3 is 2.59 bits per heavy atom. The third kappa shape index (κ3) is 3.87. The van der Waals surface area contributed by atoms with Crippen LogP contribution in [-0.4, -0.2) is 22.8 Å². The average Bonchev–Trinajstić information content (AvgIpc) is 3.23. The number of nitrogens with one attached hydrogen (secondary N) is 1. The topological polar surface area (TPSA) is 69.3 Å². The minimum Gasteiger partial charge on any atom is -0.497 e. The first-order chi connectivity index (χ1) is 13.9. The number of carbonyl (C=O) groups excluding carboxylic acids is 1. The van der Waals surface area contributed by atoms with Gasteiger partial charge in [-0.05, 0) is 56.2 Å². The molecule has 0 saturated carbocycles. The molecule has 0 aliphatic heterocycles. The molecule has 2 aromatic carbocycles. The van der Waals surface area contributed by atoms with Gasteiger partial charge in [-0.2, -0.15) is 5.10 Å². The lowest BCUT2D eigenvalue weighted by Crippen LogP contribution is -2.17. The van der Waals surface area contributed by atoms with E-state index in [0.29, 0.717) is 11.4 Å². The molecule has 6 heteroatoms. The molecule has 148 valence electrons. The maximum atomic E-state index is 12.8. The second-order valence-corrected chi connectivity index (χ2v) is 7.28. The van der Waals surface area contributed by atoms with Gasteiger partial charge in [0.05, 0.1) is 31.2 Å². The molecule has 4 aromatic rings. The van der Waals surface area contributed by atoms with Crippen LogP contribution in [0.4, 0.5) is 5.82 Å². The van der Waals surface area contributed by atoms with Crippen LogP contribution in [0, 0.1) is 20.8 Å². The van der Waals surface area contributed by atoms with Crippen molar-refractivity contribution in [3.8, 4) is 11.4 Å². The number of hydrogen-bond donors (Lipinski definition) is 1. The summed E-state index contributed by atoms with van der Waals surface area (Å²) >= 11 is 0. The Kier molecular flexibility index (Phi) is 4.84. The van der Waals surface area contributed by atoms with Crippen molar-refractivity contribution in [2.24, 2.45) is 0 Å². The molecule has 0 atom stereocenters. The van der Waals surface area contributed by atoms with Gasteiger partial charge in [-0.25, -0.2) is 4.68 Å². The molecule has 29 heavy (non-hydrogen) atoms. The summed E-state index contributed by atoms with van der Waals surface area (Å²) in [4.78, 5) is 12.8. The summed E-state index contributed by atoms with van der Waals surface area (Å²) in [5, 5.41) is 8.44. The van der Waals surface area contributed by atoms with Crippen LogP contribution in [0.5, 0.6) is 5.75 Å². The Morgan fingerprint density at radius 1 is 1.10 bits per heavy atom. The third-order valence-electron chi connectivity index (χ3n) is 4.76. The van der Waals surface area contributed by atoms with Gasteiger partial charge in [0.2, 0.25) is 5.91 Å². The molecular formula is C23H23N3O3. The van der Waals surface area contributed by atoms with Crippen LogP contribution in [0.25, 0.3) is 16.7 Å². The predicted octanol–water partition coefficient (Wildman–Crippen LogP) is 4.73. The first kappa shape index (κ1) is 18.8. The standard InChI is InChI=1S/C23H23N3O3/c1-14-7-15(2)9-18(8-14)26-22(10-16(3)25-26)24-23(27)11-17-13-29-21-12-19(28-4)5-6-20(17)21/h5-10,12-13H,11H2,1-4H3,(H,24,27). The Labute approximate surface area is 169 Å². The van der Waals surface area contributed by atoms with E-state index in [1.165, 1.54) is 0 Å². The van der Waals surface area contributed by atoms with Crippen molar-refractivity contribution in [1.29, 1.82) is 0 Å². The molecular weight excluding hydrogens is 366 g/mol. The smallest absolute Gasteiger partial charge is 0.230 e. The number of anilines is 1. The van der Waals surface area contributed by atoms with E-state index in [4.69, 9.17) is 9.15 Å². The van der Waals surface area contributed by atoms with Crippen LogP contribution in [0.1, 0.15) is 22.4 Å². The Hall–Kier alpha value is -3.54. The van der Waals surface area contributed by atoms with E-state index >= 15 is 0 Å². The van der Waals surface area contributed by atoms with Crippen LogP contribution < -0.4 is 10.1 Å².